The van der Waals surface area contributed by atoms with Crippen LogP contribution in [-0.2, 0) is 0 Å². The van der Waals surface area contributed by atoms with Crippen molar-refractivity contribution in [2.45, 2.75) is 6.10 Å². The normalized spacial score (nSPS) is 14.0. The second kappa shape index (κ2) is 9.09. The molecule has 0 saturated carbocycles. The first-order valence-corrected chi connectivity index (χ1v) is 10.9. The molecule has 4 aromatic rings. The first kappa shape index (κ1) is 21.2. The zero-order chi connectivity index (χ0) is 22.8. The summed E-state index contributed by atoms with van der Waals surface area (Å²) in [6.07, 6.45) is 3.63. The van der Waals surface area contributed by atoms with Gasteiger partial charge in [0, 0.05) is 41.4 Å². The molecule has 0 aliphatic carbocycles. The highest BCUT2D eigenvalue weighted by atomic mass is 35.5. The third kappa shape index (κ3) is 4.92. The fourth-order valence-electron chi connectivity index (χ4n) is 3.67. The number of likely N-dealkylation sites (N-methyl/N-ethyl adjacent to an activating group) is 1. The van der Waals surface area contributed by atoms with E-state index in [1.807, 2.05) is 42.5 Å². The average Bonchev–Trinajstić information content (AvgIpc) is 2.79. The number of ether oxygens (including phenoxy) is 2. The van der Waals surface area contributed by atoms with E-state index in [2.05, 4.69) is 37.5 Å². The lowest BCUT2D eigenvalue weighted by Crippen LogP contribution is -2.51. The van der Waals surface area contributed by atoms with Crippen molar-refractivity contribution in [1.29, 1.82) is 0 Å². The summed E-state index contributed by atoms with van der Waals surface area (Å²) in [5.74, 6) is 2.47. The predicted octanol–water partition coefficient (Wildman–Crippen LogP) is 4.87. The molecule has 0 atom stereocenters. The third-order valence-corrected chi connectivity index (χ3v) is 5.55. The van der Waals surface area contributed by atoms with Gasteiger partial charge in [0.05, 0.1) is 24.5 Å². The number of methoxy groups -OCH3 is 1. The molecule has 1 aliphatic heterocycles. The number of pyridine rings is 1. The molecule has 1 fully saturated rings. The second-order valence-electron chi connectivity index (χ2n) is 7.90. The van der Waals surface area contributed by atoms with Crippen LogP contribution in [0, 0.1) is 0 Å². The van der Waals surface area contributed by atoms with Crippen molar-refractivity contribution in [3.05, 3.63) is 65.9 Å². The second-order valence-corrected chi connectivity index (χ2v) is 8.34. The van der Waals surface area contributed by atoms with Gasteiger partial charge in [-0.25, -0.2) is 4.98 Å². The molecular weight excluding hydrogens is 440 g/mol. The molecule has 0 spiro atoms. The van der Waals surface area contributed by atoms with E-state index in [0.29, 0.717) is 22.5 Å². The van der Waals surface area contributed by atoms with Crippen LogP contribution in [-0.4, -0.2) is 53.2 Å². The maximum absolute atomic E-state index is 6.11. The lowest BCUT2D eigenvalue weighted by atomic mass is 10.2. The molecule has 3 heterocycles. The van der Waals surface area contributed by atoms with Crippen molar-refractivity contribution < 1.29 is 9.47 Å². The zero-order valence-electron chi connectivity index (χ0n) is 18.2. The van der Waals surface area contributed by atoms with Gasteiger partial charge in [0.25, 0.3) is 0 Å². The van der Waals surface area contributed by atoms with Crippen molar-refractivity contribution in [1.82, 2.24) is 19.9 Å². The van der Waals surface area contributed by atoms with E-state index in [-0.39, 0.29) is 6.10 Å². The van der Waals surface area contributed by atoms with Gasteiger partial charge in [-0.3, -0.25) is 9.88 Å². The largest absolute Gasteiger partial charge is 0.493 e. The van der Waals surface area contributed by atoms with Gasteiger partial charge in [-0.05, 0) is 49.5 Å². The zero-order valence-corrected chi connectivity index (χ0v) is 19.0. The minimum atomic E-state index is 0.189. The van der Waals surface area contributed by atoms with Crippen molar-refractivity contribution in [3.8, 4) is 11.5 Å². The molecule has 8 nitrogen and oxygen atoms in total. The number of anilines is 4. The van der Waals surface area contributed by atoms with Gasteiger partial charge in [0.15, 0.2) is 11.5 Å². The van der Waals surface area contributed by atoms with Gasteiger partial charge >= 0.3 is 0 Å². The number of nitrogens with one attached hydrogen (secondary N) is 2. The van der Waals surface area contributed by atoms with Crippen molar-refractivity contribution >= 4 is 45.6 Å². The van der Waals surface area contributed by atoms with Crippen LogP contribution in [0.4, 0.5) is 23.1 Å². The standard InChI is InChI=1S/C24H23ClN6O2/c1-31-13-19(14-31)33-21-6-4-17(11-22(21)32-2)29-24-26-8-7-23(30-24)28-18-10-15-9-16(25)3-5-20(15)27-12-18/h3-12,19H,13-14H2,1-2H3,(H2,26,28,29,30). The Bertz CT molecular complexity index is 1300. The van der Waals surface area contributed by atoms with Crippen LogP contribution in [0.25, 0.3) is 10.9 Å². The number of likely N-dealkylation sites (tertiary alicyclic amines) is 1. The Morgan fingerprint density at radius 1 is 0.970 bits per heavy atom. The fourth-order valence-corrected chi connectivity index (χ4v) is 3.86. The summed E-state index contributed by atoms with van der Waals surface area (Å²) < 4.78 is 11.5. The van der Waals surface area contributed by atoms with Crippen LogP contribution in [0.5, 0.6) is 11.5 Å². The molecular formula is C24H23ClN6O2. The number of hydrogen-bond acceptors (Lipinski definition) is 8. The Morgan fingerprint density at radius 3 is 2.67 bits per heavy atom. The number of halogens is 1. The van der Waals surface area contributed by atoms with E-state index in [9.17, 15) is 0 Å². The third-order valence-electron chi connectivity index (χ3n) is 5.32. The van der Waals surface area contributed by atoms with Gasteiger partial charge in [0.1, 0.15) is 11.9 Å². The first-order valence-electron chi connectivity index (χ1n) is 10.5. The van der Waals surface area contributed by atoms with Crippen LogP contribution in [0.1, 0.15) is 0 Å². The summed E-state index contributed by atoms with van der Waals surface area (Å²) in [7, 11) is 3.70. The molecule has 2 aromatic carbocycles. The predicted molar refractivity (Wildman–Crippen MR) is 130 cm³/mol. The maximum Gasteiger partial charge on any atom is 0.229 e. The fraction of sp³-hybridized carbons (Fsp3) is 0.208. The minimum absolute atomic E-state index is 0.189. The maximum atomic E-state index is 6.11. The molecule has 1 saturated heterocycles. The van der Waals surface area contributed by atoms with E-state index < -0.39 is 0 Å². The highest BCUT2D eigenvalue weighted by Crippen LogP contribution is 2.33. The first-order chi connectivity index (χ1) is 16.1. The van der Waals surface area contributed by atoms with Crippen molar-refractivity contribution in [2.75, 3.05) is 37.9 Å². The Kier molecular flexibility index (Phi) is 5.85. The Hall–Kier alpha value is -3.62. The van der Waals surface area contributed by atoms with Gasteiger partial charge in [-0.1, -0.05) is 11.6 Å². The topological polar surface area (TPSA) is 84.4 Å². The molecule has 0 unspecified atom stereocenters. The number of hydrogen-bond donors (Lipinski definition) is 2. The van der Waals surface area contributed by atoms with E-state index in [1.165, 1.54) is 0 Å². The van der Waals surface area contributed by atoms with Gasteiger partial charge in [-0.2, -0.15) is 4.98 Å². The number of benzene rings is 2. The van der Waals surface area contributed by atoms with E-state index in [0.717, 1.165) is 41.1 Å². The highest BCUT2D eigenvalue weighted by molar-refractivity contribution is 6.31. The lowest BCUT2D eigenvalue weighted by Gasteiger charge is -2.36. The summed E-state index contributed by atoms with van der Waals surface area (Å²) in [5, 5.41) is 8.10. The number of fused-ring (bicyclic) bond motifs is 1. The van der Waals surface area contributed by atoms with Crippen molar-refractivity contribution in [2.24, 2.45) is 0 Å². The SMILES string of the molecule is COc1cc(Nc2nccc(Nc3cnc4ccc(Cl)cc4c3)n2)ccc1OC1CN(C)C1. The molecule has 2 N–H and O–H groups in total. The van der Waals surface area contributed by atoms with E-state index in [4.69, 9.17) is 21.1 Å². The van der Waals surface area contributed by atoms with Crippen LogP contribution in [0.2, 0.25) is 5.02 Å². The molecule has 33 heavy (non-hydrogen) atoms. The number of nitrogens with zero attached hydrogens (tertiary/aromatic N) is 4. The summed E-state index contributed by atoms with van der Waals surface area (Å²) in [6, 6.07) is 15.1. The molecule has 0 amide bonds. The summed E-state index contributed by atoms with van der Waals surface area (Å²) in [6.45, 7) is 1.83. The number of rotatable bonds is 7. The van der Waals surface area contributed by atoms with E-state index in [1.54, 1.807) is 25.6 Å². The average molecular weight is 463 g/mol. The van der Waals surface area contributed by atoms with Crippen LogP contribution >= 0.6 is 11.6 Å². The Labute approximate surface area is 196 Å². The molecule has 0 radical (unpaired) electrons. The molecule has 1 aliphatic rings. The van der Waals surface area contributed by atoms with E-state index >= 15 is 0 Å². The van der Waals surface area contributed by atoms with Crippen molar-refractivity contribution in [3.63, 3.8) is 0 Å². The minimum Gasteiger partial charge on any atom is -0.493 e. The van der Waals surface area contributed by atoms with Gasteiger partial charge < -0.3 is 20.1 Å². The molecule has 9 heteroatoms. The highest BCUT2D eigenvalue weighted by Gasteiger charge is 2.25. The molecule has 2 aromatic heterocycles. The monoisotopic (exact) mass is 462 g/mol. The van der Waals surface area contributed by atoms with Gasteiger partial charge in [0.2, 0.25) is 5.95 Å². The van der Waals surface area contributed by atoms with Crippen LogP contribution in [0.3, 0.4) is 0 Å². The smallest absolute Gasteiger partial charge is 0.229 e. The molecule has 168 valence electrons. The van der Waals surface area contributed by atoms with Crippen LogP contribution in [0.15, 0.2) is 60.9 Å². The van der Waals surface area contributed by atoms with Crippen LogP contribution < -0.4 is 20.1 Å². The molecule has 0 bridgehead atoms. The quantitative estimate of drug-likeness (QED) is 0.402. The summed E-state index contributed by atoms with van der Waals surface area (Å²) >= 11 is 6.11. The molecule has 5 rings (SSSR count). The lowest BCUT2D eigenvalue weighted by molar-refractivity contribution is 0.0370. The Morgan fingerprint density at radius 2 is 1.85 bits per heavy atom. The summed E-state index contributed by atoms with van der Waals surface area (Å²) in [4.78, 5) is 15.5. The number of aromatic nitrogens is 3. The Balaban J connectivity index is 1.30. The summed E-state index contributed by atoms with van der Waals surface area (Å²) in [5.41, 5.74) is 2.48. The van der Waals surface area contributed by atoms with Gasteiger partial charge in [-0.15, -0.1) is 0 Å².